The van der Waals surface area contributed by atoms with Gasteiger partial charge in [0.1, 0.15) is 0 Å². The fourth-order valence-electron chi connectivity index (χ4n) is 1.56. The number of methoxy groups -OCH3 is 1. The van der Waals surface area contributed by atoms with E-state index in [4.69, 9.17) is 4.74 Å². The van der Waals surface area contributed by atoms with E-state index in [0.717, 1.165) is 5.56 Å². The summed E-state index contributed by atoms with van der Waals surface area (Å²) in [6.07, 6.45) is 0. The Morgan fingerprint density at radius 1 is 1.35 bits per heavy atom. The van der Waals surface area contributed by atoms with Crippen molar-refractivity contribution in [1.82, 2.24) is 0 Å². The molecule has 0 N–H and O–H groups in total. The average Bonchev–Trinajstić information content (AvgIpc) is 2.27. The highest BCUT2D eigenvalue weighted by Gasteiger charge is 2.13. The van der Waals surface area contributed by atoms with Gasteiger partial charge in [-0.1, -0.05) is 32.0 Å². The third-order valence-corrected chi connectivity index (χ3v) is 3.93. The van der Waals surface area contributed by atoms with E-state index in [1.165, 1.54) is 7.11 Å². The molecular formula is C13H18O3S. The number of benzene rings is 1. The molecule has 0 heterocycles. The van der Waals surface area contributed by atoms with Crippen LogP contribution in [0.3, 0.4) is 0 Å². The Kier molecular flexibility index (Phi) is 5.35. The van der Waals surface area contributed by atoms with Crippen molar-refractivity contribution in [2.24, 2.45) is 5.92 Å². The van der Waals surface area contributed by atoms with Crippen molar-refractivity contribution < 1.29 is 13.7 Å². The van der Waals surface area contributed by atoms with Crippen LogP contribution in [-0.2, 0) is 21.3 Å². The van der Waals surface area contributed by atoms with Crippen molar-refractivity contribution in [1.29, 1.82) is 0 Å². The van der Waals surface area contributed by atoms with Gasteiger partial charge in [0.2, 0.25) is 0 Å². The van der Waals surface area contributed by atoms with E-state index in [1.54, 1.807) is 12.1 Å². The van der Waals surface area contributed by atoms with E-state index in [-0.39, 0.29) is 5.97 Å². The maximum Gasteiger partial charge on any atom is 0.338 e. The average molecular weight is 254 g/mol. The summed E-state index contributed by atoms with van der Waals surface area (Å²) in [5.74, 6) is 1.07. The smallest absolute Gasteiger partial charge is 0.338 e. The molecule has 0 radical (unpaired) electrons. The second-order valence-electron chi connectivity index (χ2n) is 4.29. The lowest BCUT2D eigenvalue weighted by atomic mass is 10.1. The number of esters is 1. The summed E-state index contributed by atoms with van der Waals surface area (Å²) < 4.78 is 16.5. The molecule has 94 valence electrons. The number of carbonyl (C=O) groups excluding carboxylic acids is 1. The van der Waals surface area contributed by atoms with E-state index in [2.05, 4.69) is 0 Å². The molecular weight excluding hydrogens is 236 g/mol. The molecule has 1 rings (SSSR count). The number of hydrogen-bond donors (Lipinski definition) is 0. The van der Waals surface area contributed by atoms with Gasteiger partial charge in [-0.3, -0.25) is 4.21 Å². The van der Waals surface area contributed by atoms with Gasteiger partial charge in [-0.15, -0.1) is 0 Å². The third-order valence-electron chi connectivity index (χ3n) is 2.26. The van der Waals surface area contributed by atoms with Crippen LogP contribution in [0.15, 0.2) is 24.3 Å². The molecule has 1 atom stereocenters. The summed E-state index contributed by atoms with van der Waals surface area (Å²) in [7, 11) is 0.414. The number of hydrogen-bond acceptors (Lipinski definition) is 3. The van der Waals surface area contributed by atoms with Crippen LogP contribution in [0.1, 0.15) is 29.8 Å². The minimum absolute atomic E-state index is 0.373. The lowest BCUT2D eigenvalue weighted by Crippen LogP contribution is -2.11. The Labute approximate surface area is 105 Å². The molecule has 0 saturated carbocycles. The zero-order chi connectivity index (χ0) is 12.8. The Hall–Kier alpha value is -1.16. The minimum atomic E-state index is -0.938. The first-order valence-electron chi connectivity index (χ1n) is 5.55. The molecule has 17 heavy (non-hydrogen) atoms. The highest BCUT2D eigenvalue weighted by atomic mass is 32.2. The molecule has 0 aliphatic heterocycles. The Balaban J connectivity index is 2.83. The van der Waals surface area contributed by atoms with Crippen LogP contribution in [0.5, 0.6) is 0 Å². The van der Waals surface area contributed by atoms with E-state index in [0.29, 0.717) is 23.0 Å². The summed E-state index contributed by atoms with van der Waals surface area (Å²) in [4.78, 5) is 11.5. The van der Waals surface area contributed by atoms with E-state index >= 15 is 0 Å². The molecule has 1 aromatic rings. The van der Waals surface area contributed by atoms with Gasteiger partial charge in [-0.05, 0) is 17.5 Å². The summed E-state index contributed by atoms with van der Waals surface area (Å²) in [5.41, 5.74) is 1.30. The third kappa shape index (κ3) is 4.30. The van der Waals surface area contributed by atoms with Crippen molar-refractivity contribution in [2.75, 3.05) is 12.9 Å². The summed E-state index contributed by atoms with van der Waals surface area (Å²) in [5, 5.41) is 0. The monoisotopic (exact) mass is 254 g/mol. The van der Waals surface area contributed by atoms with Gasteiger partial charge in [0.15, 0.2) is 0 Å². The van der Waals surface area contributed by atoms with Crippen LogP contribution in [-0.4, -0.2) is 23.0 Å². The van der Waals surface area contributed by atoms with Gasteiger partial charge >= 0.3 is 5.97 Å². The largest absolute Gasteiger partial charge is 0.465 e. The number of carbonyl (C=O) groups is 1. The fraction of sp³-hybridized carbons (Fsp3) is 0.462. The highest BCUT2D eigenvalue weighted by Crippen LogP contribution is 2.13. The topological polar surface area (TPSA) is 43.4 Å². The second-order valence-corrected chi connectivity index (χ2v) is 5.80. The van der Waals surface area contributed by atoms with Gasteiger partial charge < -0.3 is 4.74 Å². The maximum absolute atomic E-state index is 11.8. The van der Waals surface area contributed by atoms with Crippen molar-refractivity contribution in [3.05, 3.63) is 35.4 Å². The second kappa shape index (κ2) is 6.55. The highest BCUT2D eigenvalue weighted by molar-refractivity contribution is 7.84. The van der Waals surface area contributed by atoms with Crippen LogP contribution < -0.4 is 0 Å². The molecule has 0 bridgehead atoms. The van der Waals surface area contributed by atoms with E-state index in [9.17, 15) is 9.00 Å². The lowest BCUT2D eigenvalue weighted by molar-refractivity contribution is 0.0600. The van der Waals surface area contributed by atoms with Crippen LogP contribution in [0.4, 0.5) is 0 Å². The quantitative estimate of drug-likeness (QED) is 0.758. The Morgan fingerprint density at radius 3 is 2.59 bits per heavy atom. The fourth-order valence-corrected chi connectivity index (χ4v) is 3.02. The zero-order valence-corrected chi connectivity index (χ0v) is 11.3. The molecule has 3 nitrogen and oxygen atoms in total. The van der Waals surface area contributed by atoms with Crippen molar-refractivity contribution >= 4 is 16.8 Å². The Bertz CT molecular complexity index is 413. The molecule has 0 spiro atoms. The predicted molar refractivity (Wildman–Crippen MR) is 69.3 cm³/mol. The van der Waals surface area contributed by atoms with E-state index in [1.807, 2.05) is 26.0 Å². The summed E-state index contributed by atoms with van der Waals surface area (Å²) in [6, 6.07) is 7.15. The van der Waals surface area contributed by atoms with Crippen molar-refractivity contribution in [3.8, 4) is 0 Å². The minimum Gasteiger partial charge on any atom is -0.465 e. The molecule has 0 fully saturated rings. The molecule has 0 aliphatic rings. The SMILES string of the molecule is COC(=O)c1ccccc1CS(=O)CC(C)C. The van der Waals surface area contributed by atoms with Crippen LogP contribution in [0.2, 0.25) is 0 Å². The predicted octanol–water partition coefficient (Wildman–Crippen LogP) is 2.38. The van der Waals surface area contributed by atoms with E-state index < -0.39 is 10.8 Å². The Morgan fingerprint density at radius 2 is 2.00 bits per heavy atom. The molecule has 0 amide bonds. The first-order chi connectivity index (χ1) is 8.04. The molecule has 1 unspecified atom stereocenters. The maximum atomic E-state index is 11.8. The van der Waals surface area contributed by atoms with Crippen molar-refractivity contribution in [3.63, 3.8) is 0 Å². The zero-order valence-electron chi connectivity index (χ0n) is 10.4. The van der Waals surface area contributed by atoms with Gasteiger partial charge in [0, 0.05) is 22.3 Å². The van der Waals surface area contributed by atoms with Crippen LogP contribution in [0.25, 0.3) is 0 Å². The molecule has 1 aromatic carbocycles. The number of ether oxygens (including phenoxy) is 1. The molecule has 4 heteroatoms. The van der Waals surface area contributed by atoms with Gasteiger partial charge in [0.05, 0.1) is 12.7 Å². The van der Waals surface area contributed by atoms with Gasteiger partial charge in [-0.2, -0.15) is 0 Å². The number of rotatable bonds is 5. The van der Waals surface area contributed by atoms with Crippen LogP contribution in [0, 0.1) is 5.92 Å². The van der Waals surface area contributed by atoms with Gasteiger partial charge in [-0.25, -0.2) is 4.79 Å². The first kappa shape index (κ1) is 13.9. The lowest BCUT2D eigenvalue weighted by Gasteiger charge is -2.08. The van der Waals surface area contributed by atoms with Crippen molar-refractivity contribution in [2.45, 2.75) is 19.6 Å². The first-order valence-corrected chi connectivity index (χ1v) is 7.04. The normalized spacial score (nSPS) is 12.5. The molecule has 0 saturated heterocycles. The molecule has 0 aromatic heterocycles. The summed E-state index contributed by atoms with van der Waals surface area (Å²) in [6.45, 7) is 4.06. The standard InChI is InChI=1S/C13H18O3S/c1-10(2)8-17(15)9-11-6-4-5-7-12(11)13(14)16-3/h4-7,10H,8-9H2,1-3H3. The van der Waals surface area contributed by atoms with Crippen LogP contribution >= 0.6 is 0 Å². The molecule has 0 aliphatic carbocycles. The van der Waals surface area contributed by atoms with Gasteiger partial charge in [0.25, 0.3) is 0 Å². The summed E-state index contributed by atoms with van der Waals surface area (Å²) >= 11 is 0.